The van der Waals surface area contributed by atoms with Crippen molar-refractivity contribution in [1.29, 1.82) is 5.26 Å². The van der Waals surface area contributed by atoms with Crippen molar-refractivity contribution < 1.29 is 19.6 Å². The van der Waals surface area contributed by atoms with Crippen LogP contribution in [0.4, 0.5) is 0 Å². The summed E-state index contributed by atoms with van der Waals surface area (Å²) in [6, 6.07) is 16.7. The maximum Gasteiger partial charge on any atom is 0.475 e. The Morgan fingerprint density at radius 1 is 1.16 bits per heavy atom. The van der Waals surface area contributed by atoms with Gasteiger partial charge in [-0.15, -0.1) is 0 Å². The van der Waals surface area contributed by atoms with Crippen LogP contribution in [0.1, 0.15) is 29.5 Å². The smallest absolute Gasteiger partial charge is 0.426 e. The Morgan fingerprint density at radius 2 is 1.88 bits per heavy atom. The highest BCUT2D eigenvalue weighted by molar-refractivity contribution is 6.43. The Balaban J connectivity index is 1.65. The van der Waals surface area contributed by atoms with E-state index in [9.17, 15) is 19.6 Å². The summed E-state index contributed by atoms with van der Waals surface area (Å²) in [7, 11) is -1.80. The third-order valence-corrected chi connectivity index (χ3v) is 5.65. The number of carbonyl (C=O) groups excluding carboxylic acids is 2. The van der Waals surface area contributed by atoms with E-state index in [0.717, 1.165) is 5.56 Å². The third-order valence-electron chi connectivity index (χ3n) is 5.65. The zero-order chi connectivity index (χ0) is 23.1. The lowest BCUT2D eigenvalue weighted by atomic mass is 9.75. The SMILES string of the molecule is N#Cc1cccc(CC(NC(=O)C2CCCN2C(=O)C(N)Cc2ccccc2)B(O)O)c1. The second kappa shape index (κ2) is 10.9. The normalized spacial score (nSPS) is 17.3. The molecule has 2 aromatic rings. The molecule has 3 atom stereocenters. The van der Waals surface area contributed by atoms with E-state index in [1.54, 1.807) is 24.3 Å². The molecule has 1 heterocycles. The molecule has 1 saturated heterocycles. The molecule has 1 aliphatic heterocycles. The van der Waals surface area contributed by atoms with Gasteiger partial charge in [0.25, 0.3) is 0 Å². The molecule has 9 heteroatoms. The lowest BCUT2D eigenvalue weighted by Crippen LogP contribution is -2.56. The van der Waals surface area contributed by atoms with Gasteiger partial charge in [0.2, 0.25) is 11.8 Å². The van der Waals surface area contributed by atoms with Crippen LogP contribution >= 0.6 is 0 Å². The molecule has 2 aromatic carbocycles. The molecule has 0 radical (unpaired) electrons. The number of nitrogens with zero attached hydrogens (tertiary/aromatic N) is 2. The minimum absolute atomic E-state index is 0.132. The second-order valence-electron chi connectivity index (χ2n) is 8.03. The van der Waals surface area contributed by atoms with Gasteiger partial charge in [-0.2, -0.15) is 5.26 Å². The van der Waals surface area contributed by atoms with Crippen molar-refractivity contribution >= 4 is 18.9 Å². The van der Waals surface area contributed by atoms with E-state index < -0.39 is 31.1 Å². The number of nitrogens with one attached hydrogen (secondary N) is 1. The Bertz CT molecular complexity index is 979. The van der Waals surface area contributed by atoms with Gasteiger partial charge in [0, 0.05) is 6.54 Å². The van der Waals surface area contributed by atoms with Crippen molar-refractivity contribution in [3.05, 3.63) is 71.3 Å². The molecular weight excluding hydrogens is 407 g/mol. The maximum atomic E-state index is 12.9. The standard InChI is InChI=1S/C23H27BN4O4/c25-15-18-9-4-8-17(12-18)14-21(24(31)32)27-22(29)20-10-5-11-28(20)23(30)19(26)13-16-6-2-1-3-7-16/h1-4,6-9,12,19-21,31-32H,5,10-11,13-14,26H2,(H,27,29). The zero-order valence-electron chi connectivity index (χ0n) is 17.7. The summed E-state index contributed by atoms with van der Waals surface area (Å²) < 4.78 is 0. The number of nitrogens with two attached hydrogens (primary N) is 1. The first-order chi connectivity index (χ1) is 15.4. The average molecular weight is 434 g/mol. The van der Waals surface area contributed by atoms with E-state index in [4.69, 9.17) is 11.0 Å². The molecule has 8 nitrogen and oxygen atoms in total. The number of benzene rings is 2. The van der Waals surface area contributed by atoms with Gasteiger partial charge in [-0.25, -0.2) is 0 Å². The van der Waals surface area contributed by atoms with Gasteiger partial charge in [0.1, 0.15) is 6.04 Å². The predicted molar refractivity (Wildman–Crippen MR) is 120 cm³/mol. The lowest BCUT2D eigenvalue weighted by molar-refractivity contribution is -0.139. The van der Waals surface area contributed by atoms with Crippen molar-refractivity contribution in [3.8, 4) is 6.07 Å². The quantitative estimate of drug-likeness (QED) is 0.437. The molecule has 3 unspecified atom stereocenters. The van der Waals surface area contributed by atoms with Crippen LogP contribution in [-0.2, 0) is 22.4 Å². The van der Waals surface area contributed by atoms with Crippen LogP contribution in [0.25, 0.3) is 0 Å². The summed E-state index contributed by atoms with van der Waals surface area (Å²) in [6.45, 7) is 0.427. The highest BCUT2D eigenvalue weighted by Gasteiger charge is 2.38. The van der Waals surface area contributed by atoms with Crippen LogP contribution in [0.2, 0.25) is 0 Å². The molecule has 0 saturated carbocycles. The van der Waals surface area contributed by atoms with E-state index in [-0.39, 0.29) is 12.3 Å². The molecule has 2 amide bonds. The Kier molecular flexibility index (Phi) is 8.00. The molecule has 3 rings (SSSR count). The summed E-state index contributed by atoms with van der Waals surface area (Å²) in [4.78, 5) is 27.4. The fourth-order valence-electron chi connectivity index (χ4n) is 4.00. The summed E-state index contributed by atoms with van der Waals surface area (Å²) in [5.74, 6) is -1.72. The number of likely N-dealkylation sites (tertiary alicyclic amines) is 1. The predicted octanol–water partition coefficient (Wildman–Crippen LogP) is 0.159. The highest BCUT2D eigenvalue weighted by atomic mass is 16.4. The maximum absolute atomic E-state index is 12.9. The van der Waals surface area contributed by atoms with E-state index in [0.29, 0.717) is 36.9 Å². The molecule has 1 aliphatic rings. The van der Waals surface area contributed by atoms with Crippen molar-refractivity contribution in [2.24, 2.45) is 5.73 Å². The first-order valence-electron chi connectivity index (χ1n) is 10.6. The van der Waals surface area contributed by atoms with Gasteiger partial charge in [-0.05, 0) is 48.9 Å². The molecule has 0 aromatic heterocycles. The summed E-state index contributed by atoms with van der Waals surface area (Å²) in [5, 5.41) is 31.3. The fraction of sp³-hybridized carbons (Fsp3) is 0.348. The molecule has 166 valence electrons. The van der Waals surface area contributed by atoms with Crippen molar-refractivity contribution in [3.63, 3.8) is 0 Å². The number of nitriles is 1. The Morgan fingerprint density at radius 3 is 2.56 bits per heavy atom. The Hall–Kier alpha value is -3.19. The lowest BCUT2D eigenvalue weighted by Gasteiger charge is -2.28. The van der Waals surface area contributed by atoms with Gasteiger partial charge in [-0.3, -0.25) is 9.59 Å². The molecule has 1 fully saturated rings. The van der Waals surface area contributed by atoms with Crippen LogP contribution in [0.3, 0.4) is 0 Å². The average Bonchev–Trinajstić information content (AvgIpc) is 3.29. The number of hydrogen-bond acceptors (Lipinski definition) is 6. The molecule has 5 N–H and O–H groups in total. The second-order valence-corrected chi connectivity index (χ2v) is 8.03. The summed E-state index contributed by atoms with van der Waals surface area (Å²) in [6.07, 6.45) is 1.65. The van der Waals surface area contributed by atoms with Gasteiger partial charge in [0.05, 0.1) is 23.6 Å². The number of hydrogen-bond donors (Lipinski definition) is 4. The van der Waals surface area contributed by atoms with Crippen LogP contribution < -0.4 is 11.1 Å². The zero-order valence-corrected chi connectivity index (χ0v) is 17.7. The monoisotopic (exact) mass is 434 g/mol. The summed E-state index contributed by atoms with van der Waals surface area (Å²) in [5.41, 5.74) is 8.21. The van der Waals surface area contributed by atoms with E-state index in [2.05, 4.69) is 5.32 Å². The van der Waals surface area contributed by atoms with Crippen molar-refractivity contribution in [2.45, 2.75) is 43.7 Å². The van der Waals surface area contributed by atoms with Gasteiger partial charge in [-0.1, -0.05) is 42.5 Å². The van der Waals surface area contributed by atoms with E-state index in [1.165, 1.54) is 4.90 Å². The van der Waals surface area contributed by atoms with E-state index >= 15 is 0 Å². The van der Waals surface area contributed by atoms with Gasteiger partial charge >= 0.3 is 7.12 Å². The number of carbonyl (C=O) groups is 2. The molecular formula is C23H27BN4O4. The topological polar surface area (TPSA) is 140 Å². The molecule has 0 bridgehead atoms. The third kappa shape index (κ3) is 5.95. The van der Waals surface area contributed by atoms with Crippen molar-refractivity contribution in [1.82, 2.24) is 10.2 Å². The largest absolute Gasteiger partial charge is 0.475 e. The number of rotatable bonds is 8. The van der Waals surface area contributed by atoms with Gasteiger partial charge in [0.15, 0.2) is 0 Å². The van der Waals surface area contributed by atoms with Crippen LogP contribution in [-0.4, -0.2) is 58.5 Å². The fourth-order valence-corrected chi connectivity index (χ4v) is 4.00. The summed E-state index contributed by atoms with van der Waals surface area (Å²) >= 11 is 0. The highest BCUT2D eigenvalue weighted by Crippen LogP contribution is 2.20. The van der Waals surface area contributed by atoms with Crippen LogP contribution in [0, 0.1) is 11.3 Å². The Labute approximate surface area is 187 Å². The molecule has 0 spiro atoms. The molecule has 0 aliphatic carbocycles. The van der Waals surface area contributed by atoms with E-state index in [1.807, 2.05) is 36.4 Å². The first kappa shape index (κ1) is 23.5. The number of amides is 2. The minimum Gasteiger partial charge on any atom is -0.426 e. The minimum atomic E-state index is -1.80. The van der Waals surface area contributed by atoms with Gasteiger partial charge < -0.3 is 26.0 Å². The first-order valence-corrected chi connectivity index (χ1v) is 10.6. The van der Waals surface area contributed by atoms with Crippen LogP contribution in [0.5, 0.6) is 0 Å². The van der Waals surface area contributed by atoms with Crippen LogP contribution in [0.15, 0.2) is 54.6 Å². The van der Waals surface area contributed by atoms with Crippen molar-refractivity contribution in [2.75, 3.05) is 6.54 Å². The molecule has 32 heavy (non-hydrogen) atoms.